The van der Waals surface area contributed by atoms with Gasteiger partial charge in [-0.1, -0.05) is 13.0 Å². The number of carbonyl (C=O) groups excluding carboxylic acids is 2. The highest BCUT2D eigenvalue weighted by molar-refractivity contribution is 7.11. The number of ether oxygens (including phenoxy) is 3. The first kappa shape index (κ1) is 19.1. The molecule has 7 heteroatoms. The molecule has 2 atom stereocenters. The highest BCUT2D eigenvalue weighted by Gasteiger charge is 2.20. The van der Waals surface area contributed by atoms with Crippen LogP contribution in [-0.2, 0) is 19.0 Å². The molecule has 0 fully saturated rings. The predicted molar refractivity (Wildman–Crippen MR) is 88.2 cm³/mol. The van der Waals surface area contributed by atoms with E-state index in [0.29, 0.717) is 16.5 Å². The molecule has 0 aromatic carbocycles. The lowest BCUT2D eigenvalue weighted by Crippen LogP contribution is -2.21. The fourth-order valence-electron chi connectivity index (χ4n) is 1.88. The SMILES string of the molecule is COC(=O)C=C(OC)[C@H](C)[C@H](C=Cc1csc(C(C)=O)n1)OC. The van der Waals surface area contributed by atoms with Gasteiger partial charge in [0.15, 0.2) is 10.8 Å². The molecule has 0 bridgehead atoms. The van der Waals surface area contributed by atoms with Gasteiger partial charge in [-0.3, -0.25) is 4.79 Å². The van der Waals surface area contributed by atoms with Gasteiger partial charge in [-0.2, -0.15) is 0 Å². The molecule has 0 radical (unpaired) electrons. The summed E-state index contributed by atoms with van der Waals surface area (Å²) in [7, 11) is 4.36. The summed E-state index contributed by atoms with van der Waals surface area (Å²) >= 11 is 1.30. The number of hydrogen-bond acceptors (Lipinski definition) is 7. The molecule has 1 aromatic rings. The van der Waals surface area contributed by atoms with E-state index < -0.39 is 5.97 Å². The number of hydrogen-bond donors (Lipinski definition) is 0. The van der Waals surface area contributed by atoms with Crippen molar-refractivity contribution >= 4 is 29.2 Å². The van der Waals surface area contributed by atoms with E-state index in [1.807, 2.05) is 13.0 Å². The number of methoxy groups -OCH3 is 3. The molecule has 0 unspecified atom stereocenters. The van der Waals surface area contributed by atoms with Crippen LogP contribution in [0.3, 0.4) is 0 Å². The third kappa shape index (κ3) is 5.61. The van der Waals surface area contributed by atoms with Gasteiger partial charge in [0.25, 0.3) is 0 Å². The number of ketones is 1. The number of nitrogens with zero attached hydrogens (tertiary/aromatic N) is 1. The number of aromatic nitrogens is 1. The van der Waals surface area contributed by atoms with Gasteiger partial charge in [0.1, 0.15) is 5.76 Å². The Morgan fingerprint density at radius 2 is 1.96 bits per heavy atom. The monoisotopic (exact) mass is 339 g/mol. The molecule has 6 nitrogen and oxygen atoms in total. The molecule has 0 amide bonds. The first-order valence-electron chi connectivity index (χ1n) is 6.93. The molecule has 0 spiro atoms. The molecule has 0 N–H and O–H groups in total. The maximum atomic E-state index is 11.4. The minimum Gasteiger partial charge on any atom is -0.500 e. The van der Waals surface area contributed by atoms with Crippen molar-refractivity contribution in [2.75, 3.05) is 21.3 Å². The standard InChI is InChI=1S/C16H21NO5S/c1-10(14(21-4)8-15(19)22-5)13(20-3)7-6-12-9-23-16(17-12)11(2)18/h6-10,13H,1-5H3/t10-,13+/m1/s1. The Bertz CT molecular complexity index is 605. The summed E-state index contributed by atoms with van der Waals surface area (Å²) in [6, 6.07) is 0. The van der Waals surface area contributed by atoms with Crippen molar-refractivity contribution in [2.24, 2.45) is 5.92 Å². The summed E-state index contributed by atoms with van der Waals surface area (Å²) in [6.45, 7) is 3.35. The van der Waals surface area contributed by atoms with E-state index in [-0.39, 0.29) is 17.8 Å². The van der Waals surface area contributed by atoms with Crippen molar-refractivity contribution in [3.8, 4) is 0 Å². The third-order valence-corrected chi connectivity index (χ3v) is 4.15. The normalized spacial score (nSPS) is 14.6. The second-order valence-corrected chi connectivity index (χ2v) is 5.61. The van der Waals surface area contributed by atoms with Gasteiger partial charge in [0.05, 0.1) is 32.1 Å². The average Bonchev–Trinajstić information content (AvgIpc) is 3.01. The van der Waals surface area contributed by atoms with Gasteiger partial charge in [0.2, 0.25) is 0 Å². The van der Waals surface area contributed by atoms with Crippen molar-refractivity contribution in [3.63, 3.8) is 0 Å². The van der Waals surface area contributed by atoms with Crippen molar-refractivity contribution in [3.05, 3.63) is 34.0 Å². The van der Waals surface area contributed by atoms with Crippen LogP contribution in [0.4, 0.5) is 0 Å². The number of rotatable bonds is 8. The molecule has 126 valence electrons. The van der Waals surface area contributed by atoms with Crippen LogP contribution in [0.1, 0.15) is 29.3 Å². The number of carbonyl (C=O) groups is 2. The molecule has 23 heavy (non-hydrogen) atoms. The summed E-state index contributed by atoms with van der Waals surface area (Å²) in [5.74, 6) is -0.297. The van der Waals surface area contributed by atoms with Gasteiger partial charge in [-0.05, 0) is 6.08 Å². The summed E-state index contributed by atoms with van der Waals surface area (Å²) in [5.41, 5.74) is 0.686. The molecule has 1 aromatic heterocycles. The smallest absolute Gasteiger partial charge is 0.333 e. The van der Waals surface area contributed by atoms with Crippen LogP contribution < -0.4 is 0 Å². The molecule has 0 aliphatic heterocycles. The second kappa shape index (κ2) is 9.22. The number of thiazole rings is 1. The molecular weight excluding hydrogens is 318 g/mol. The fraction of sp³-hybridized carbons (Fsp3) is 0.438. The van der Waals surface area contributed by atoms with Crippen molar-refractivity contribution < 1.29 is 23.8 Å². The molecule has 0 saturated carbocycles. The Hall–Kier alpha value is -1.99. The van der Waals surface area contributed by atoms with E-state index >= 15 is 0 Å². The van der Waals surface area contributed by atoms with E-state index in [0.717, 1.165) is 0 Å². The van der Waals surface area contributed by atoms with Crippen molar-refractivity contribution in [1.29, 1.82) is 0 Å². The largest absolute Gasteiger partial charge is 0.500 e. The van der Waals surface area contributed by atoms with E-state index in [1.165, 1.54) is 38.6 Å². The molecule has 1 rings (SSSR count). The molecule has 1 heterocycles. The van der Waals surface area contributed by atoms with Crippen molar-refractivity contribution in [1.82, 2.24) is 4.98 Å². The van der Waals surface area contributed by atoms with E-state index in [9.17, 15) is 9.59 Å². The number of esters is 1. The highest BCUT2D eigenvalue weighted by atomic mass is 32.1. The van der Waals surface area contributed by atoms with Crippen LogP contribution in [0.15, 0.2) is 23.3 Å². The van der Waals surface area contributed by atoms with Crippen molar-refractivity contribution in [2.45, 2.75) is 20.0 Å². The first-order chi connectivity index (χ1) is 10.9. The van der Waals surface area contributed by atoms with E-state index in [1.54, 1.807) is 18.6 Å². The zero-order valence-electron chi connectivity index (χ0n) is 13.9. The number of Topliss-reactive ketones (excluding diaryl/α,β-unsaturated/α-hetero) is 1. The third-order valence-electron chi connectivity index (χ3n) is 3.19. The maximum absolute atomic E-state index is 11.4. The molecule has 0 aliphatic rings. The quantitative estimate of drug-likeness (QED) is 0.314. The van der Waals surface area contributed by atoms with Gasteiger partial charge in [-0.15, -0.1) is 11.3 Å². The Labute approximate surface area is 139 Å². The average molecular weight is 339 g/mol. The fourth-order valence-corrected chi connectivity index (χ4v) is 2.57. The lowest BCUT2D eigenvalue weighted by molar-refractivity contribution is -0.135. The second-order valence-electron chi connectivity index (χ2n) is 4.76. The zero-order valence-corrected chi connectivity index (χ0v) is 14.7. The molecule has 0 saturated heterocycles. The van der Waals surface area contributed by atoms with Crippen LogP contribution in [0.5, 0.6) is 0 Å². The lowest BCUT2D eigenvalue weighted by atomic mass is 10.0. The topological polar surface area (TPSA) is 74.7 Å². The zero-order chi connectivity index (χ0) is 17.4. The molecule has 0 aliphatic carbocycles. The summed E-state index contributed by atoms with van der Waals surface area (Å²) in [6.07, 6.45) is 4.56. The lowest BCUT2D eigenvalue weighted by Gasteiger charge is -2.21. The Morgan fingerprint density at radius 3 is 2.43 bits per heavy atom. The van der Waals surface area contributed by atoms with E-state index in [4.69, 9.17) is 9.47 Å². The van der Waals surface area contributed by atoms with Crippen LogP contribution in [0.2, 0.25) is 0 Å². The van der Waals surface area contributed by atoms with Crippen LogP contribution in [0.25, 0.3) is 6.08 Å². The van der Waals surface area contributed by atoms with Gasteiger partial charge >= 0.3 is 5.97 Å². The first-order valence-corrected chi connectivity index (χ1v) is 7.81. The minimum atomic E-state index is -0.488. The van der Waals surface area contributed by atoms with Crippen LogP contribution >= 0.6 is 11.3 Å². The van der Waals surface area contributed by atoms with Gasteiger partial charge in [0, 0.05) is 25.3 Å². The van der Waals surface area contributed by atoms with Gasteiger partial charge < -0.3 is 14.2 Å². The van der Waals surface area contributed by atoms with E-state index in [2.05, 4.69) is 9.72 Å². The Morgan fingerprint density at radius 1 is 1.26 bits per heavy atom. The molecular formula is C16H21NO5S. The Kier molecular flexibility index (Phi) is 7.64. The minimum absolute atomic E-state index is 0.0611. The Balaban J connectivity index is 2.89. The summed E-state index contributed by atoms with van der Waals surface area (Å²) < 4.78 is 15.3. The van der Waals surface area contributed by atoms with Crippen LogP contribution in [0, 0.1) is 5.92 Å². The van der Waals surface area contributed by atoms with Gasteiger partial charge in [-0.25, -0.2) is 9.78 Å². The summed E-state index contributed by atoms with van der Waals surface area (Å²) in [4.78, 5) is 26.8. The van der Waals surface area contributed by atoms with Crippen LogP contribution in [-0.4, -0.2) is 44.2 Å². The maximum Gasteiger partial charge on any atom is 0.333 e. The predicted octanol–water partition coefficient (Wildman–Crippen LogP) is 2.71. The highest BCUT2D eigenvalue weighted by Crippen LogP contribution is 2.20. The summed E-state index contributed by atoms with van der Waals surface area (Å²) in [5, 5.41) is 2.27.